The van der Waals surface area contributed by atoms with Gasteiger partial charge in [-0.15, -0.1) is 0 Å². The Kier molecular flexibility index (Phi) is 3.05. The van der Waals surface area contributed by atoms with Crippen molar-refractivity contribution in [2.75, 3.05) is 0 Å². The van der Waals surface area contributed by atoms with E-state index >= 15 is 0 Å². The van der Waals surface area contributed by atoms with Crippen LogP contribution in [0.3, 0.4) is 0 Å². The average molecular weight is 282 g/mol. The molecule has 0 unspecified atom stereocenters. The molecule has 0 fully saturated rings. The maximum absolute atomic E-state index is 11.2. The molecule has 14 heteroatoms. The van der Waals surface area contributed by atoms with E-state index in [0.29, 0.717) is 4.34 Å². The van der Waals surface area contributed by atoms with Gasteiger partial charge in [-0.25, -0.2) is 23.9 Å². The minimum atomic E-state index is -4.71. The molecule has 0 saturated heterocycles. The first-order valence-corrected chi connectivity index (χ1v) is 5.95. The van der Waals surface area contributed by atoms with Crippen molar-refractivity contribution >= 4 is 30.7 Å². The Hall–Kier alpha value is -2.68. The molecular weight excluding hydrogens is 279 g/mol. The van der Waals surface area contributed by atoms with Crippen LogP contribution in [-0.2, 0) is 4.57 Å². The summed E-state index contributed by atoms with van der Waals surface area (Å²) in [5, 5.41) is 6.27. The molecule has 0 aliphatic rings. The molecule has 0 aromatic carbocycles. The summed E-state index contributed by atoms with van der Waals surface area (Å²) in [7, 11) is -4.71. The number of imidazole rings is 1. The molecule has 19 heavy (non-hydrogen) atoms. The molecule has 2 N–H and O–H groups in total. The van der Waals surface area contributed by atoms with E-state index in [4.69, 9.17) is 20.8 Å². The highest BCUT2D eigenvalue weighted by Gasteiger charge is 2.23. The highest BCUT2D eigenvalue weighted by Crippen LogP contribution is 2.41. The predicted octanol–water partition coefficient (Wildman–Crippen LogP) is 1.65. The minimum absolute atomic E-state index is 0.178. The summed E-state index contributed by atoms with van der Waals surface area (Å²) in [5.74, 6) is -0.788. The summed E-state index contributed by atoms with van der Waals surface area (Å²) < 4.78 is 11.7. The van der Waals surface area contributed by atoms with Gasteiger partial charge in [0.05, 0.1) is 0 Å². The molecular formula is C5H3N10O3P. The third-order valence-corrected chi connectivity index (χ3v) is 2.77. The zero-order valence-corrected chi connectivity index (χ0v) is 9.69. The van der Waals surface area contributed by atoms with Crippen molar-refractivity contribution in [1.29, 1.82) is 0 Å². The van der Waals surface area contributed by atoms with Crippen LogP contribution in [0.15, 0.2) is 16.6 Å². The van der Waals surface area contributed by atoms with Crippen molar-refractivity contribution in [3.8, 4) is 0 Å². The molecule has 0 atom stereocenters. The van der Waals surface area contributed by atoms with Crippen LogP contribution in [0, 0.1) is 0 Å². The first kappa shape index (κ1) is 12.8. The molecule has 0 bridgehead atoms. The number of azide groups is 2. The second-order valence-corrected chi connectivity index (χ2v) is 4.46. The third kappa shape index (κ3) is 2.31. The van der Waals surface area contributed by atoms with Gasteiger partial charge in [-0.2, -0.15) is 0 Å². The normalized spacial score (nSPS) is 10.8. The standard InChI is InChI=1S/C5H3N10O3P/c6-13-11-4-2-3(9-5(10-4)12-14-7)8-1-15(2)19(16,17)18/h1H,(H2,16,17,18). The lowest BCUT2D eigenvalue weighted by Crippen LogP contribution is -1.94. The van der Waals surface area contributed by atoms with E-state index in [9.17, 15) is 4.57 Å². The van der Waals surface area contributed by atoms with E-state index in [1.807, 2.05) is 0 Å². The average Bonchev–Trinajstić information content (AvgIpc) is 2.73. The molecule has 0 radical (unpaired) electrons. The van der Waals surface area contributed by atoms with Gasteiger partial charge in [0, 0.05) is 9.82 Å². The topological polar surface area (TPSA) is 199 Å². The van der Waals surface area contributed by atoms with Crippen LogP contribution in [0.1, 0.15) is 0 Å². The lowest BCUT2D eigenvalue weighted by atomic mass is 10.5. The number of hydrogen-bond acceptors (Lipinski definition) is 6. The van der Waals surface area contributed by atoms with Crippen molar-refractivity contribution in [1.82, 2.24) is 19.3 Å². The van der Waals surface area contributed by atoms with Crippen LogP contribution in [0.4, 0.5) is 11.8 Å². The summed E-state index contributed by atoms with van der Waals surface area (Å²) >= 11 is 0. The Morgan fingerprint density at radius 1 is 1.26 bits per heavy atom. The molecule has 0 aliphatic carbocycles. The summed E-state index contributed by atoms with van der Waals surface area (Å²) in [6.07, 6.45) is 0.816. The van der Waals surface area contributed by atoms with E-state index < -0.39 is 13.6 Å². The van der Waals surface area contributed by atoms with Crippen LogP contribution in [-0.4, -0.2) is 29.1 Å². The minimum Gasteiger partial charge on any atom is -0.308 e. The van der Waals surface area contributed by atoms with Gasteiger partial charge in [-0.3, -0.25) is 0 Å². The van der Waals surface area contributed by atoms with Crippen molar-refractivity contribution in [3.05, 3.63) is 27.2 Å². The van der Waals surface area contributed by atoms with E-state index in [0.717, 1.165) is 6.33 Å². The Morgan fingerprint density at radius 3 is 2.53 bits per heavy atom. The van der Waals surface area contributed by atoms with Crippen LogP contribution in [0.2, 0.25) is 0 Å². The number of nitrogens with zero attached hydrogens (tertiary/aromatic N) is 10. The Labute approximate surface area is 103 Å². The molecule has 13 nitrogen and oxygen atoms in total. The van der Waals surface area contributed by atoms with Crippen molar-refractivity contribution in [2.45, 2.75) is 0 Å². The van der Waals surface area contributed by atoms with Gasteiger partial charge < -0.3 is 9.79 Å². The predicted molar refractivity (Wildman–Crippen MR) is 60.4 cm³/mol. The van der Waals surface area contributed by atoms with E-state index in [-0.39, 0.29) is 17.1 Å². The Balaban J connectivity index is 2.90. The second kappa shape index (κ2) is 4.53. The lowest BCUT2D eigenvalue weighted by molar-refractivity contribution is 0.363. The van der Waals surface area contributed by atoms with E-state index in [2.05, 4.69) is 35.0 Å². The number of rotatable bonds is 3. The maximum atomic E-state index is 11.2. The highest BCUT2D eigenvalue weighted by molar-refractivity contribution is 7.50. The maximum Gasteiger partial charge on any atom is 0.435 e. The van der Waals surface area contributed by atoms with Crippen molar-refractivity contribution in [2.24, 2.45) is 10.2 Å². The molecule has 2 aromatic heterocycles. The summed E-state index contributed by atoms with van der Waals surface area (Å²) in [6, 6.07) is 0. The monoisotopic (exact) mass is 282 g/mol. The molecule has 96 valence electrons. The molecule has 0 saturated carbocycles. The van der Waals surface area contributed by atoms with E-state index in [1.165, 1.54) is 0 Å². The Bertz CT molecular complexity index is 793. The first-order chi connectivity index (χ1) is 8.97. The van der Waals surface area contributed by atoms with Gasteiger partial charge in [0.25, 0.3) is 0 Å². The zero-order chi connectivity index (χ0) is 14.0. The van der Waals surface area contributed by atoms with Gasteiger partial charge in [0.15, 0.2) is 11.5 Å². The van der Waals surface area contributed by atoms with Crippen LogP contribution in [0.25, 0.3) is 32.0 Å². The fourth-order valence-corrected chi connectivity index (χ4v) is 1.90. The second-order valence-electron chi connectivity index (χ2n) is 3.00. The molecule has 2 heterocycles. The summed E-state index contributed by atoms with van der Waals surface area (Å²) in [4.78, 5) is 34.0. The van der Waals surface area contributed by atoms with Crippen LogP contribution < -0.4 is 0 Å². The number of hydrogen-bond donors (Lipinski definition) is 2. The number of fused-ring (bicyclic) bond motifs is 1. The quantitative estimate of drug-likeness (QED) is 0.370. The summed E-state index contributed by atoms with van der Waals surface area (Å²) in [6.45, 7) is 0. The van der Waals surface area contributed by atoms with Gasteiger partial charge in [0.1, 0.15) is 11.8 Å². The molecule has 2 aromatic rings. The molecule has 2 rings (SSSR count). The molecule has 0 aliphatic heterocycles. The first-order valence-electron chi connectivity index (χ1n) is 4.39. The lowest BCUT2D eigenvalue weighted by Gasteiger charge is -2.06. The van der Waals surface area contributed by atoms with Gasteiger partial charge in [-0.1, -0.05) is 0 Å². The van der Waals surface area contributed by atoms with Crippen LogP contribution >= 0.6 is 7.75 Å². The SMILES string of the molecule is [N-]=[N+]=Nc1nc(N=[N+]=[N-])c2c(ncn2P(=O)(O)O)n1. The largest absolute Gasteiger partial charge is 0.435 e. The van der Waals surface area contributed by atoms with Crippen LogP contribution in [0.5, 0.6) is 0 Å². The molecule has 0 amide bonds. The van der Waals surface area contributed by atoms with Crippen molar-refractivity contribution in [3.63, 3.8) is 0 Å². The zero-order valence-electron chi connectivity index (χ0n) is 8.80. The fraction of sp³-hybridized carbons (Fsp3) is 0. The Morgan fingerprint density at radius 2 is 1.95 bits per heavy atom. The number of aromatic nitrogens is 4. The fourth-order valence-electron chi connectivity index (χ4n) is 1.28. The van der Waals surface area contributed by atoms with Gasteiger partial charge in [-0.05, 0) is 21.3 Å². The molecule has 0 spiro atoms. The van der Waals surface area contributed by atoms with Gasteiger partial charge >= 0.3 is 7.75 Å². The highest BCUT2D eigenvalue weighted by atomic mass is 31.2. The van der Waals surface area contributed by atoms with Crippen molar-refractivity contribution < 1.29 is 14.4 Å². The van der Waals surface area contributed by atoms with E-state index in [1.54, 1.807) is 0 Å². The van der Waals surface area contributed by atoms with Gasteiger partial charge in [0.2, 0.25) is 5.95 Å². The third-order valence-electron chi connectivity index (χ3n) is 1.91. The smallest absolute Gasteiger partial charge is 0.308 e. The summed E-state index contributed by atoms with van der Waals surface area (Å²) in [5.41, 5.74) is 16.2.